The summed E-state index contributed by atoms with van der Waals surface area (Å²) in [5, 5.41) is 2.89. The summed E-state index contributed by atoms with van der Waals surface area (Å²) in [7, 11) is 1.62. The second-order valence-corrected chi connectivity index (χ2v) is 4.95. The number of hydrogen-bond donors (Lipinski definition) is 1. The van der Waals surface area contributed by atoms with Crippen molar-refractivity contribution in [3.8, 4) is 5.75 Å². The number of methoxy groups -OCH3 is 1. The van der Waals surface area contributed by atoms with Crippen LogP contribution in [0.3, 0.4) is 0 Å². The Morgan fingerprint density at radius 3 is 2.73 bits per heavy atom. The van der Waals surface area contributed by atoms with Crippen molar-refractivity contribution in [3.05, 3.63) is 59.5 Å². The third-order valence-corrected chi connectivity index (χ3v) is 3.37. The number of amides is 1. The third kappa shape index (κ3) is 2.93. The van der Waals surface area contributed by atoms with E-state index in [4.69, 9.17) is 9.15 Å². The molecule has 5 heteroatoms. The fraction of sp³-hybridized carbons (Fsp3) is 0.176. The largest absolute Gasteiger partial charge is 0.497 e. The summed E-state index contributed by atoms with van der Waals surface area (Å²) in [6.45, 7) is 2.24. The molecular weight excluding hydrogens is 280 g/mol. The molecule has 1 N–H and O–H groups in total. The van der Waals surface area contributed by atoms with E-state index in [1.54, 1.807) is 32.2 Å². The SMILES string of the molecule is COc1ccc(CNC(=O)c2ccc3oc(C)nc3c2)cc1. The molecule has 2 aromatic carbocycles. The second kappa shape index (κ2) is 5.89. The predicted molar refractivity (Wildman–Crippen MR) is 82.9 cm³/mol. The molecule has 1 heterocycles. The van der Waals surface area contributed by atoms with Gasteiger partial charge in [-0.1, -0.05) is 12.1 Å². The van der Waals surface area contributed by atoms with E-state index in [1.165, 1.54) is 0 Å². The minimum atomic E-state index is -0.140. The Bertz CT molecular complexity index is 806. The van der Waals surface area contributed by atoms with Crippen LogP contribution in [0.4, 0.5) is 0 Å². The average Bonchev–Trinajstić information content (AvgIpc) is 2.92. The molecule has 0 spiro atoms. The topological polar surface area (TPSA) is 64.4 Å². The van der Waals surface area contributed by atoms with Gasteiger partial charge in [-0.2, -0.15) is 0 Å². The van der Waals surface area contributed by atoms with Crippen molar-refractivity contribution in [1.82, 2.24) is 10.3 Å². The van der Waals surface area contributed by atoms with Crippen molar-refractivity contribution in [2.45, 2.75) is 13.5 Å². The molecule has 5 nitrogen and oxygen atoms in total. The minimum Gasteiger partial charge on any atom is -0.497 e. The van der Waals surface area contributed by atoms with Crippen LogP contribution in [0.2, 0.25) is 0 Å². The molecule has 0 unspecified atom stereocenters. The van der Waals surface area contributed by atoms with Gasteiger partial charge in [0.1, 0.15) is 11.3 Å². The summed E-state index contributed by atoms with van der Waals surface area (Å²) >= 11 is 0. The lowest BCUT2D eigenvalue weighted by Crippen LogP contribution is -2.22. The first-order chi connectivity index (χ1) is 10.7. The van der Waals surface area contributed by atoms with Crippen molar-refractivity contribution < 1.29 is 13.9 Å². The third-order valence-electron chi connectivity index (χ3n) is 3.37. The fourth-order valence-corrected chi connectivity index (χ4v) is 2.21. The van der Waals surface area contributed by atoms with E-state index in [9.17, 15) is 4.79 Å². The Hall–Kier alpha value is -2.82. The van der Waals surface area contributed by atoms with Gasteiger partial charge in [0.15, 0.2) is 11.5 Å². The lowest BCUT2D eigenvalue weighted by Gasteiger charge is -2.06. The highest BCUT2D eigenvalue weighted by Gasteiger charge is 2.09. The highest BCUT2D eigenvalue weighted by atomic mass is 16.5. The molecule has 0 atom stereocenters. The summed E-state index contributed by atoms with van der Waals surface area (Å²) in [5.41, 5.74) is 2.95. The predicted octanol–water partition coefficient (Wildman–Crippen LogP) is 3.07. The number of oxazole rings is 1. The van der Waals surface area contributed by atoms with E-state index >= 15 is 0 Å². The summed E-state index contributed by atoms with van der Waals surface area (Å²) in [5.74, 6) is 1.24. The van der Waals surface area contributed by atoms with Crippen LogP contribution in [-0.2, 0) is 6.54 Å². The molecule has 22 heavy (non-hydrogen) atoms. The van der Waals surface area contributed by atoms with E-state index in [2.05, 4.69) is 10.3 Å². The number of hydrogen-bond acceptors (Lipinski definition) is 4. The van der Waals surface area contributed by atoms with Crippen LogP contribution < -0.4 is 10.1 Å². The van der Waals surface area contributed by atoms with Gasteiger partial charge in [-0.25, -0.2) is 4.98 Å². The maximum Gasteiger partial charge on any atom is 0.251 e. The maximum absolute atomic E-state index is 12.2. The van der Waals surface area contributed by atoms with Crippen LogP contribution in [0.15, 0.2) is 46.9 Å². The van der Waals surface area contributed by atoms with Crippen LogP contribution in [-0.4, -0.2) is 18.0 Å². The molecule has 1 amide bonds. The van der Waals surface area contributed by atoms with E-state index in [-0.39, 0.29) is 5.91 Å². The monoisotopic (exact) mass is 296 g/mol. The zero-order valence-electron chi connectivity index (χ0n) is 12.4. The van der Waals surface area contributed by atoms with E-state index < -0.39 is 0 Å². The smallest absolute Gasteiger partial charge is 0.251 e. The molecule has 112 valence electrons. The fourth-order valence-electron chi connectivity index (χ4n) is 2.21. The minimum absolute atomic E-state index is 0.140. The van der Waals surface area contributed by atoms with Crippen molar-refractivity contribution in [1.29, 1.82) is 0 Å². The number of nitrogens with one attached hydrogen (secondary N) is 1. The number of carbonyl (C=O) groups is 1. The first-order valence-electron chi connectivity index (χ1n) is 6.94. The Morgan fingerprint density at radius 2 is 2.00 bits per heavy atom. The average molecular weight is 296 g/mol. The molecule has 0 fully saturated rings. The first-order valence-corrected chi connectivity index (χ1v) is 6.94. The molecule has 0 bridgehead atoms. The quantitative estimate of drug-likeness (QED) is 0.803. The van der Waals surface area contributed by atoms with Crippen LogP contribution in [0.1, 0.15) is 21.8 Å². The highest BCUT2D eigenvalue weighted by molar-refractivity contribution is 5.97. The van der Waals surface area contributed by atoms with Gasteiger partial charge >= 0.3 is 0 Å². The van der Waals surface area contributed by atoms with Crippen LogP contribution >= 0.6 is 0 Å². The molecule has 1 aromatic heterocycles. The van der Waals surface area contributed by atoms with Crippen molar-refractivity contribution in [3.63, 3.8) is 0 Å². The van der Waals surface area contributed by atoms with E-state index in [1.807, 2.05) is 24.3 Å². The Kier molecular flexibility index (Phi) is 3.78. The number of rotatable bonds is 4. The van der Waals surface area contributed by atoms with Gasteiger partial charge < -0.3 is 14.5 Å². The number of aromatic nitrogens is 1. The zero-order valence-corrected chi connectivity index (χ0v) is 12.4. The van der Waals surface area contributed by atoms with E-state index in [0.717, 1.165) is 11.3 Å². The van der Waals surface area contributed by atoms with Gasteiger partial charge in [0.05, 0.1) is 7.11 Å². The van der Waals surface area contributed by atoms with Gasteiger partial charge in [0.25, 0.3) is 5.91 Å². The molecule has 0 aliphatic rings. The van der Waals surface area contributed by atoms with Gasteiger partial charge in [-0.15, -0.1) is 0 Å². The molecule has 0 radical (unpaired) electrons. The molecule has 0 aliphatic carbocycles. The number of fused-ring (bicyclic) bond motifs is 1. The van der Waals surface area contributed by atoms with Crippen LogP contribution in [0.25, 0.3) is 11.1 Å². The second-order valence-electron chi connectivity index (χ2n) is 4.95. The van der Waals surface area contributed by atoms with Crippen molar-refractivity contribution in [2.75, 3.05) is 7.11 Å². The number of aryl methyl sites for hydroxylation is 1. The standard InChI is InChI=1S/C17H16N2O3/c1-11-19-15-9-13(5-8-16(15)22-11)17(20)18-10-12-3-6-14(21-2)7-4-12/h3-9H,10H2,1-2H3,(H,18,20). The summed E-state index contributed by atoms with van der Waals surface area (Å²) in [6, 6.07) is 12.8. The van der Waals surface area contributed by atoms with E-state index in [0.29, 0.717) is 29.1 Å². The maximum atomic E-state index is 12.2. The Morgan fingerprint density at radius 1 is 1.23 bits per heavy atom. The van der Waals surface area contributed by atoms with Crippen molar-refractivity contribution in [2.24, 2.45) is 0 Å². The Balaban J connectivity index is 1.69. The normalized spacial score (nSPS) is 10.6. The molecule has 0 saturated carbocycles. The summed E-state index contributed by atoms with van der Waals surface area (Å²) < 4.78 is 10.5. The number of carbonyl (C=O) groups excluding carboxylic acids is 1. The molecule has 0 aliphatic heterocycles. The van der Waals surface area contributed by atoms with Gasteiger partial charge in [0.2, 0.25) is 0 Å². The first kappa shape index (κ1) is 14.1. The number of nitrogens with zero attached hydrogens (tertiary/aromatic N) is 1. The van der Waals surface area contributed by atoms with Gasteiger partial charge in [0, 0.05) is 19.0 Å². The zero-order chi connectivity index (χ0) is 15.5. The number of ether oxygens (including phenoxy) is 1. The lowest BCUT2D eigenvalue weighted by atomic mass is 10.1. The van der Waals surface area contributed by atoms with Crippen LogP contribution in [0.5, 0.6) is 5.75 Å². The highest BCUT2D eigenvalue weighted by Crippen LogP contribution is 2.17. The molecule has 3 aromatic rings. The molecular formula is C17H16N2O3. The summed E-state index contributed by atoms with van der Waals surface area (Å²) in [4.78, 5) is 16.4. The van der Waals surface area contributed by atoms with Crippen LogP contribution in [0, 0.1) is 6.92 Å². The molecule has 0 saturated heterocycles. The lowest BCUT2D eigenvalue weighted by molar-refractivity contribution is 0.0951. The number of benzene rings is 2. The Labute approximate surface area is 127 Å². The van der Waals surface area contributed by atoms with Gasteiger partial charge in [-0.05, 0) is 35.9 Å². The van der Waals surface area contributed by atoms with Crippen molar-refractivity contribution >= 4 is 17.0 Å². The van der Waals surface area contributed by atoms with Gasteiger partial charge in [-0.3, -0.25) is 4.79 Å². The summed E-state index contributed by atoms with van der Waals surface area (Å²) in [6.07, 6.45) is 0. The molecule has 3 rings (SSSR count).